The summed E-state index contributed by atoms with van der Waals surface area (Å²) in [5, 5.41) is 50.8. The van der Waals surface area contributed by atoms with Crippen LogP contribution < -0.4 is 5.32 Å². The van der Waals surface area contributed by atoms with Crippen molar-refractivity contribution in [3.8, 4) is 0 Å². The van der Waals surface area contributed by atoms with Gasteiger partial charge in [-0.1, -0.05) is 69.3 Å². The van der Waals surface area contributed by atoms with E-state index in [-0.39, 0.29) is 23.3 Å². The molecule has 1 amide bonds. The number of ether oxygens (including phenoxy) is 5. The van der Waals surface area contributed by atoms with Gasteiger partial charge < -0.3 is 49.4 Å². The van der Waals surface area contributed by atoms with Gasteiger partial charge in [-0.25, -0.2) is 14.4 Å². The van der Waals surface area contributed by atoms with Gasteiger partial charge in [0.1, 0.15) is 35.6 Å². The Hall–Kier alpha value is -4.67. The number of rotatable bonds is 8. The first kappa shape index (κ1) is 42.9. The minimum absolute atomic E-state index is 0.00988. The second-order valence-electron chi connectivity index (χ2n) is 17.7. The maximum Gasteiger partial charge on any atom is 0.408 e. The number of aliphatic hydroxyl groups excluding tert-OH is 3. The molecular weight excluding hydrogens is 754 g/mol. The van der Waals surface area contributed by atoms with Gasteiger partial charge in [0.25, 0.3) is 0 Å². The van der Waals surface area contributed by atoms with Crippen LogP contribution in [0.25, 0.3) is 0 Å². The summed E-state index contributed by atoms with van der Waals surface area (Å²) in [6, 6.07) is 14.7. The lowest BCUT2D eigenvalue weighted by molar-refractivity contribution is -0.373. The Kier molecular flexibility index (Phi) is 11.2. The lowest BCUT2D eigenvalue weighted by Gasteiger charge is -2.68. The monoisotopic (exact) mass is 807 g/mol. The molecule has 15 nitrogen and oxygen atoms in total. The summed E-state index contributed by atoms with van der Waals surface area (Å²) >= 11 is 0. The summed E-state index contributed by atoms with van der Waals surface area (Å²) in [5.41, 5.74) is -7.66. The van der Waals surface area contributed by atoms with E-state index in [1.165, 1.54) is 19.1 Å². The largest absolute Gasteiger partial charge is 0.456 e. The molecule has 2 bridgehead atoms. The van der Waals surface area contributed by atoms with Gasteiger partial charge in [0, 0.05) is 36.2 Å². The number of ketones is 1. The molecule has 1 aliphatic heterocycles. The van der Waals surface area contributed by atoms with Gasteiger partial charge in [-0.15, -0.1) is 0 Å². The number of carbonyl (C=O) groups is 5. The number of esters is 3. The number of fused-ring (bicyclic) bond motifs is 5. The van der Waals surface area contributed by atoms with Crippen molar-refractivity contribution in [1.82, 2.24) is 5.32 Å². The predicted octanol–water partition coefficient (Wildman–Crippen LogP) is 3.26. The van der Waals surface area contributed by atoms with E-state index in [1.807, 2.05) is 0 Å². The second-order valence-corrected chi connectivity index (χ2v) is 17.7. The Bertz CT molecular complexity index is 1980. The van der Waals surface area contributed by atoms with Crippen molar-refractivity contribution in [2.75, 3.05) is 6.61 Å². The van der Waals surface area contributed by atoms with Crippen LogP contribution in [0.3, 0.4) is 0 Å². The van der Waals surface area contributed by atoms with Crippen LogP contribution in [-0.4, -0.2) is 110 Å². The van der Waals surface area contributed by atoms with Gasteiger partial charge in [-0.05, 0) is 51.0 Å². The Balaban J connectivity index is 1.47. The fourth-order valence-corrected chi connectivity index (χ4v) is 9.68. The molecule has 3 aliphatic carbocycles. The Labute approximate surface area is 336 Å². The van der Waals surface area contributed by atoms with Gasteiger partial charge in [0.05, 0.1) is 30.2 Å². The third-order valence-electron chi connectivity index (χ3n) is 12.4. The van der Waals surface area contributed by atoms with Crippen LogP contribution in [-0.2, 0) is 38.1 Å². The van der Waals surface area contributed by atoms with Crippen molar-refractivity contribution in [2.24, 2.45) is 16.7 Å². The first-order valence-electron chi connectivity index (χ1n) is 19.3. The molecule has 0 aromatic heterocycles. The van der Waals surface area contributed by atoms with Crippen LogP contribution in [0.1, 0.15) is 90.2 Å². The quantitative estimate of drug-likeness (QED) is 0.191. The van der Waals surface area contributed by atoms with E-state index in [9.17, 15) is 44.4 Å². The second kappa shape index (κ2) is 15.2. The molecular formula is C43H53NO14. The van der Waals surface area contributed by atoms with E-state index in [1.54, 1.807) is 90.1 Å². The number of benzene rings is 2. The van der Waals surface area contributed by atoms with Crippen LogP contribution >= 0.6 is 0 Å². The summed E-state index contributed by atoms with van der Waals surface area (Å²) in [6.07, 6.45) is -11.8. The highest BCUT2D eigenvalue weighted by Gasteiger charge is 2.78. The third-order valence-corrected chi connectivity index (χ3v) is 12.4. The number of nitrogens with one attached hydrogen (secondary N) is 1. The summed E-state index contributed by atoms with van der Waals surface area (Å²) < 4.78 is 29.5. The molecule has 15 heteroatoms. The number of alkyl carbamates (subject to hydrolysis) is 1. The van der Waals surface area contributed by atoms with Gasteiger partial charge in [0.2, 0.25) is 0 Å². The van der Waals surface area contributed by atoms with Crippen molar-refractivity contribution in [3.63, 3.8) is 0 Å². The first-order valence-corrected chi connectivity index (χ1v) is 19.3. The average Bonchev–Trinajstić information content (AvgIpc) is 3.13. The Morgan fingerprint density at radius 3 is 2.10 bits per heavy atom. The molecule has 0 radical (unpaired) electrons. The highest BCUT2D eigenvalue weighted by molar-refractivity contribution is 5.99. The van der Waals surface area contributed by atoms with Crippen LogP contribution in [0.4, 0.5) is 4.79 Å². The molecule has 2 aromatic rings. The zero-order valence-corrected chi connectivity index (χ0v) is 33.9. The van der Waals surface area contributed by atoms with E-state index in [4.69, 9.17) is 23.7 Å². The normalized spacial score (nSPS) is 33.7. The molecule has 0 unspecified atom stereocenters. The van der Waals surface area contributed by atoms with Crippen molar-refractivity contribution in [1.29, 1.82) is 0 Å². The topological polar surface area (TPSA) is 224 Å². The molecule has 1 saturated heterocycles. The van der Waals surface area contributed by atoms with E-state index in [0.717, 1.165) is 6.92 Å². The molecule has 1 heterocycles. The molecule has 2 saturated carbocycles. The first-order chi connectivity index (χ1) is 27.0. The minimum Gasteiger partial charge on any atom is -0.456 e. The van der Waals surface area contributed by atoms with E-state index >= 15 is 0 Å². The summed E-state index contributed by atoms with van der Waals surface area (Å²) in [7, 11) is 0. The number of amides is 1. The van der Waals surface area contributed by atoms with Gasteiger partial charge in [0.15, 0.2) is 17.5 Å². The molecule has 2 aromatic carbocycles. The zero-order valence-electron chi connectivity index (χ0n) is 33.9. The van der Waals surface area contributed by atoms with Crippen LogP contribution in [0.5, 0.6) is 0 Å². The molecule has 4 aliphatic rings. The predicted molar refractivity (Wildman–Crippen MR) is 204 cm³/mol. The maximum atomic E-state index is 14.8. The molecule has 11 atom stereocenters. The van der Waals surface area contributed by atoms with E-state index < -0.39 is 119 Å². The number of hydrogen-bond donors (Lipinski definition) is 5. The third kappa shape index (κ3) is 7.21. The fourth-order valence-electron chi connectivity index (χ4n) is 9.68. The highest BCUT2D eigenvalue weighted by Crippen LogP contribution is 2.64. The fraction of sp³-hybridized carbons (Fsp3) is 0.558. The summed E-state index contributed by atoms with van der Waals surface area (Å²) in [6.45, 7) is 12.0. The molecule has 0 spiro atoms. The SMILES string of the molecule is CC(=O)O[C@@]12CO[C@@H]1[C@H](O)[C@H](O)[C@@]1(C)CC(=O)C3=C(C)[C@@H](OC(=O)[C@H](O)[C@@H](NC(=O)OC(C)(C)C)c4ccccc4)C[C@@](O)([C@@H](OC(=O)c4ccccc4)[C@@H]12)C3(C)C. The summed E-state index contributed by atoms with van der Waals surface area (Å²) in [5.74, 6) is -4.87. The minimum atomic E-state index is -2.34. The maximum absolute atomic E-state index is 14.8. The standard InChI is InChI=1S/C43H53NO14/c1-22-27(55-37(51)30(47)29(24-15-11-9-12-16-24)44-38(52)58-39(3,4)5)20-43(53)35(56-36(50)25-17-13-10-14-18-25)32-41(8,19-26(46)28(22)40(43,6)7)33(49)31(48)34-42(32,21-54-34)57-23(2)45/h9-18,27,29-35,47-49,53H,19-21H2,1-8H3,(H,44,52)/t27-,29-,30+,31+,32-,33-,34+,35-,41-,42+,43+/m0/s1. The van der Waals surface area contributed by atoms with Crippen LogP contribution in [0, 0.1) is 16.7 Å². The lowest BCUT2D eigenvalue weighted by atomic mass is 9.45. The number of hydrogen-bond acceptors (Lipinski definition) is 14. The number of aliphatic hydroxyl groups is 4. The van der Waals surface area contributed by atoms with Crippen molar-refractivity contribution in [2.45, 2.75) is 128 Å². The van der Waals surface area contributed by atoms with Crippen molar-refractivity contribution < 1.29 is 68.1 Å². The Morgan fingerprint density at radius 1 is 0.948 bits per heavy atom. The van der Waals surface area contributed by atoms with E-state index in [2.05, 4.69) is 5.32 Å². The van der Waals surface area contributed by atoms with Crippen LogP contribution in [0.2, 0.25) is 0 Å². The molecule has 6 rings (SSSR count). The molecule has 5 N–H and O–H groups in total. The van der Waals surface area contributed by atoms with Crippen LogP contribution in [0.15, 0.2) is 71.8 Å². The average molecular weight is 808 g/mol. The van der Waals surface area contributed by atoms with Crippen molar-refractivity contribution >= 4 is 29.8 Å². The Morgan fingerprint density at radius 2 is 1.55 bits per heavy atom. The molecule has 3 fully saturated rings. The van der Waals surface area contributed by atoms with E-state index in [0.29, 0.717) is 5.56 Å². The zero-order chi connectivity index (χ0) is 42.7. The highest BCUT2D eigenvalue weighted by atomic mass is 16.6. The summed E-state index contributed by atoms with van der Waals surface area (Å²) in [4.78, 5) is 68.7. The number of Topliss-reactive ketones (excluding diaryl/α,β-unsaturated/α-hetero) is 1. The van der Waals surface area contributed by atoms with Gasteiger partial charge >= 0.3 is 24.0 Å². The molecule has 58 heavy (non-hydrogen) atoms. The van der Waals surface area contributed by atoms with Crippen molar-refractivity contribution in [3.05, 3.63) is 82.9 Å². The molecule has 314 valence electrons. The van der Waals surface area contributed by atoms with Gasteiger partial charge in [-0.2, -0.15) is 0 Å². The number of carbonyl (C=O) groups excluding carboxylic acids is 5. The van der Waals surface area contributed by atoms with Gasteiger partial charge in [-0.3, -0.25) is 9.59 Å². The lowest BCUT2D eigenvalue weighted by Crippen LogP contribution is -2.83. The smallest absolute Gasteiger partial charge is 0.408 e.